The highest BCUT2D eigenvalue weighted by Crippen LogP contribution is 2.08. The number of hydrogen-bond acceptors (Lipinski definition) is 3. The third-order valence-electron chi connectivity index (χ3n) is 3.36. The van der Waals surface area contributed by atoms with Crippen molar-refractivity contribution < 1.29 is 4.79 Å². The molecule has 1 unspecified atom stereocenters. The van der Waals surface area contributed by atoms with Crippen molar-refractivity contribution in [2.24, 2.45) is 10.9 Å². The molecular formula is C16H16N2OS. The van der Waals surface area contributed by atoms with Crippen LogP contribution in [0, 0.1) is 12.8 Å². The van der Waals surface area contributed by atoms with Gasteiger partial charge in [0.2, 0.25) is 0 Å². The zero-order valence-electron chi connectivity index (χ0n) is 11.3. The summed E-state index contributed by atoms with van der Waals surface area (Å²) in [6.07, 6.45) is 2.03. The fourth-order valence-corrected chi connectivity index (χ4v) is 2.98. The second-order valence-electron chi connectivity index (χ2n) is 5.00. The average Bonchev–Trinajstić information content (AvgIpc) is 2.93. The number of nitrogens with one attached hydrogen (secondary N) is 1. The molecule has 0 bridgehead atoms. The van der Waals surface area contributed by atoms with Gasteiger partial charge in [-0.2, -0.15) is 0 Å². The largest absolute Gasteiger partial charge is 0.311 e. The standard InChI is InChI=1S/C16H16N2OS/c1-11-4-5-15-12(7-11)8-13(16(19)18-15)9-17-10-14-3-2-6-20-14/h2-8,13,17H,9-10H2,1H3. The molecule has 2 heterocycles. The second-order valence-corrected chi connectivity index (χ2v) is 6.03. The number of fused-ring (bicyclic) bond motifs is 1. The van der Waals surface area contributed by atoms with Gasteiger partial charge in [0.25, 0.3) is 5.91 Å². The smallest absolute Gasteiger partial charge is 0.254 e. The number of rotatable bonds is 4. The minimum atomic E-state index is -0.163. The van der Waals surface area contributed by atoms with Crippen LogP contribution in [-0.2, 0) is 11.3 Å². The summed E-state index contributed by atoms with van der Waals surface area (Å²) in [5.41, 5.74) is 1.19. The molecule has 102 valence electrons. The first kappa shape index (κ1) is 13.2. The summed E-state index contributed by atoms with van der Waals surface area (Å²) >= 11 is 1.72. The van der Waals surface area contributed by atoms with E-state index in [9.17, 15) is 4.79 Å². The zero-order valence-corrected chi connectivity index (χ0v) is 12.1. The van der Waals surface area contributed by atoms with Gasteiger partial charge >= 0.3 is 0 Å². The number of benzene rings is 1. The van der Waals surface area contributed by atoms with Gasteiger partial charge in [-0.25, -0.2) is 4.99 Å². The van der Waals surface area contributed by atoms with Crippen molar-refractivity contribution in [1.29, 1.82) is 0 Å². The molecular weight excluding hydrogens is 268 g/mol. The molecule has 1 aromatic carbocycles. The van der Waals surface area contributed by atoms with Crippen LogP contribution in [0.2, 0.25) is 0 Å². The predicted molar refractivity (Wildman–Crippen MR) is 80.9 cm³/mol. The van der Waals surface area contributed by atoms with Gasteiger partial charge in [-0.05, 0) is 29.7 Å². The summed E-state index contributed by atoms with van der Waals surface area (Å²) in [6, 6.07) is 10.1. The predicted octanol–water partition coefficient (Wildman–Crippen LogP) is 1.40. The minimum absolute atomic E-state index is 0.0555. The Hall–Kier alpha value is -1.78. The minimum Gasteiger partial charge on any atom is -0.311 e. The summed E-state index contributed by atoms with van der Waals surface area (Å²) in [5.74, 6) is -0.218. The summed E-state index contributed by atoms with van der Waals surface area (Å²) in [4.78, 5) is 17.5. The average molecular weight is 284 g/mol. The fraction of sp³-hybridized carbons (Fsp3) is 0.250. The summed E-state index contributed by atoms with van der Waals surface area (Å²) in [6.45, 7) is 3.48. The SMILES string of the molecule is Cc1ccc2c(c1)=CC(CNCc1cccs1)C(=O)N=2. The highest BCUT2D eigenvalue weighted by molar-refractivity contribution is 7.09. The van der Waals surface area contributed by atoms with E-state index in [1.54, 1.807) is 11.3 Å². The van der Waals surface area contributed by atoms with Gasteiger partial charge in [0, 0.05) is 18.0 Å². The van der Waals surface area contributed by atoms with Crippen molar-refractivity contribution in [3.63, 3.8) is 0 Å². The molecule has 0 fully saturated rings. The molecule has 0 aliphatic carbocycles. The highest BCUT2D eigenvalue weighted by atomic mass is 32.1. The van der Waals surface area contributed by atoms with E-state index in [1.165, 1.54) is 10.4 Å². The third-order valence-corrected chi connectivity index (χ3v) is 4.23. The number of nitrogens with zero attached hydrogens (tertiary/aromatic N) is 1. The van der Waals surface area contributed by atoms with Crippen molar-refractivity contribution >= 4 is 23.3 Å². The van der Waals surface area contributed by atoms with Crippen LogP contribution in [0.5, 0.6) is 0 Å². The van der Waals surface area contributed by atoms with E-state index in [1.807, 2.05) is 24.3 Å². The van der Waals surface area contributed by atoms with E-state index >= 15 is 0 Å². The van der Waals surface area contributed by atoms with E-state index in [0.29, 0.717) is 6.54 Å². The molecule has 2 aromatic rings. The Morgan fingerprint density at radius 2 is 2.25 bits per heavy atom. The lowest BCUT2D eigenvalue weighted by molar-refractivity contribution is -0.120. The summed E-state index contributed by atoms with van der Waals surface area (Å²) in [7, 11) is 0. The van der Waals surface area contributed by atoms with Gasteiger partial charge in [-0.15, -0.1) is 11.3 Å². The molecule has 3 nitrogen and oxygen atoms in total. The molecule has 4 heteroatoms. The number of hydrogen-bond donors (Lipinski definition) is 1. The quantitative estimate of drug-likeness (QED) is 0.922. The first-order chi connectivity index (χ1) is 9.72. The van der Waals surface area contributed by atoms with E-state index < -0.39 is 0 Å². The Bertz CT molecular complexity index is 734. The van der Waals surface area contributed by atoms with Gasteiger partial charge in [0.05, 0.1) is 11.3 Å². The Morgan fingerprint density at radius 1 is 1.35 bits per heavy atom. The molecule has 20 heavy (non-hydrogen) atoms. The van der Waals surface area contributed by atoms with Crippen molar-refractivity contribution in [2.75, 3.05) is 6.54 Å². The number of carbonyl (C=O) groups is 1. The lowest BCUT2D eigenvalue weighted by atomic mass is 10.0. The van der Waals surface area contributed by atoms with Crippen LogP contribution >= 0.6 is 11.3 Å². The van der Waals surface area contributed by atoms with Gasteiger partial charge in [-0.3, -0.25) is 4.79 Å². The number of thiophene rings is 1. The molecule has 0 spiro atoms. The maximum atomic E-state index is 12.0. The molecule has 0 saturated carbocycles. The lowest BCUT2D eigenvalue weighted by Crippen LogP contribution is -2.37. The second kappa shape index (κ2) is 5.69. The van der Waals surface area contributed by atoms with E-state index in [0.717, 1.165) is 17.1 Å². The number of amides is 1. The Kier molecular flexibility index (Phi) is 3.76. The van der Waals surface area contributed by atoms with Crippen molar-refractivity contribution in [3.8, 4) is 0 Å². The molecule has 1 aliphatic rings. The molecule has 1 N–H and O–H groups in total. The summed E-state index contributed by atoms with van der Waals surface area (Å²) in [5, 5.41) is 7.24. The number of carbonyl (C=O) groups excluding carboxylic acids is 1. The summed E-state index contributed by atoms with van der Waals surface area (Å²) < 4.78 is 0. The molecule has 0 saturated heterocycles. The third kappa shape index (κ3) is 2.86. The molecule has 0 radical (unpaired) electrons. The van der Waals surface area contributed by atoms with Crippen LogP contribution in [0.1, 0.15) is 10.4 Å². The Morgan fingerprint density at radius 3 is 3.05 bits per heavy atom. The molecule has 1 amide bonds. The first-order valence-corrected chi connectivity index (χ1v) is 7.54. The maximum Gasteiger partial charge on any atom is 0.254 e. The van der Waals surface area contributed by atoms with Crippen molar-refractivity contribution in [1.82, 2.24) is 5.32 Å². The lowest BCUT2D eigenvalue weighted by Gasteiger charge is -2.13. The van der Waals surface area contributed by atoms with Gasteiger partial charge in [0.15, 0.2) is 0 Å². The molecule has 3 rings (SSSR count). The normalized spacial score (nSPS) is 17.2. The monoisotopic (exact) mass is 284 g/mol. The van der Waals surface area contributed by atoms with Crippen molar-refractivity contribution in [3.05, 3.63) is 56.7 Å². The van der Waals surface area contributed by atoms with Gasteiger partial charge in [0.1, 0.15) is 0 Å². The van der Waals surface area contributed by atoms with Crippen LogP contribution in [0.15, 0.2) is 40.7 Å². The van der Waals surface area contributed by atoms with E-state index in [-0.39, 0.29) is 11.8 Å². The zero-order chi connectivity index (χ0) is 13.9. The van der Waals surface area contributed by atoms with Gasteiger partial charge < -0.3 is 5.32 Å². The van der Waals surface area contributed by atoms with Crippen LogP contribution < -0.4 is 15.9 Å². The first-order valence-electron chi connectivity index (χ1n) is 6.66. The van der Waals surface area contributed by atoms with Crippen LogP contribution in [-0.4, -0.2) is 12.5 Å². The molecule has 1 aliphatic heterocycles. The highest BCUT2D eigenvalue weighted by Gasteiger charge is 2.17. The maximum absolute atomic E-state index is 12.0. The van der Waals surface area contributed by atoms with E-state index in [4.69, 9.17) is 0 Å². The Balaban J connectivity index is 1.73. The van der Waals surface area contributed by atoms with Crippen LogP contribution in [0.25, 0.3) is 6.08 Å². The molecule has 1 atom stereocenters. The van der Waals surface area contributed by atoms with Crippen molar-refractivity contribution in [2.45, 2.75) is 13.5 Å². The Labute approximate surface area is 121 Å². The van der Waals surface area contributed by atoms with Crippen LogP contribution in [0.3, 0.4) is 0 Å². The van der Waals surface area contributed by atoms with Crippen LogP contribution in [0.4, 0.5) is 0 Å². The number of aryl methyl sites for hydroxylation is 1. The molecule has 1 aromatic heterocycles. The fourth-order valence-electron chi connectivity index (χ4n) is 2.31. The topological polar surface area (TPSA) is 41.5 Å². The van der Waals surface area contributed by atoms with Gasteiger partial charge in [-0.1, -0.05) is 29.8 Å². The van der Waals surface area contributed by atoms with E-state index in [2.05, 4.69) is 34.7 Å².